The lowest BCUT2D eigenvalue weighted by molar-refractivity contribution is 0.372. The molecule has 2 aromatic rings. The van der Waals surface area contributed by atoms with Crippen molar-refractivity contribution in [2.24, 2.45) is 0 Å². The summed E-state index contributed by atoms with van der Waals surface area (Å²) in [5.74, 6) is 1.97. The normalized spacial score (nSPS) is 14.6. The van der Waals surface area contributed by atoms with Gasteiger partial charge in [0, 0.05) is 9.79 Å². The van der Waals surface area contributed by atoms with Crippen molar-refractivity contribution < 1.29 is 8.85 Å². The molecule has 0 aliphatic heterocycles. The Bertz CT molecular complexity index is 995. The number of benzene rings is 2. The Balaban J connectivity index is 2.23. The van der Waals surface area contributed by atoms with Crippen LogP contribution in [0.4, 0.5) is 0 Å². The fraction of sp³-hybridized carbons (Fsp3) is 0.667. The van der Waals surface area contributed by atoms with E-state index in [0.29, 0.717) is 0 Å². The molecular weight excluding hydrogens is 585 g/mol. The van der Waals surface area contributed by atoms with Gasteiger partial charge in [-0.15, -0.1) is 0 Å². The zero-order chi connectivity index (χ0) is 32.8. The minimum atomic E-state index is -2.31. The van der Waals surface area contributed by atoms with Gasteiger partial charge in [-0.2, -0.15) is 0 Å². The maximum absolute atomic E-state index is 7.15. The lowest BCUT2D eigenvalue weighted by atomic mass is 10.2. The van der Waals surface area contributed by atoms with E-state index in [-0.39, 0.29) is 30.2 Å². The highest BCUT2D eigenvalue weighted by Gasteiger charge is 2.65. The highest BCUT2D eigenvalue weighted by molar-refractivity contribution is 8.76. The summed E-state index contributed by atoms with van der Waals surface area (Å²) in [7, 11) is -1.04. The van der Waals surface area contributed by atoms with Gasteiger partial charge in [0.25, 0.3) is 16.6 Å². The molecule has 0 aliphatic rings. The Morgan fingerprint density at radius 2 is 0.548 bits per heavy atom. The van der Waals surface area contributed by atoms with E-state index in [2.05, 4.69) is 173 Å². The van der Waals surface area contributed by atoms with Crippen molar-refractivity contribution in [1.29, 1.82) is 0 Å². The molecule has 238 valence electrons. The van der Waals surface area contributed by atoms with Gasteiger partial charge >= 0.3 is 0 Å². The molecule has 0 aromatic heterocycles. The van der Waals surface area contributed by atoms with E-state index >= 15 is 0 Å². The third-order valence-corrected chi connectivity index (χ3v) is 24.9. The molecule has 0 saturated heterocycles. The van der Waals surface area contributed by atoms with Crippen LogP contribution in [0.5, 0.6) is 11.5 Å². The average Bonchev–Trinajstić information content (AvgIpc) is 2.76. The summed E-state index contributed by atoms with van der Waals surface area (Å²) < 4.78 is 14.3. The lowest BCUT2D eigenvalue weighted by Gasteiger charge is -2.57. The minimum Gasteiger partial charge on any atom is -0.542 e. The third kappa shape index (κ3) is 7.34. The number of rotatable bonds is 7. The predicted octanol–water partition coefficient (Wildman–Crippen LogP) is 13.9. The fourth-order valence-corrected chi connectivity index (χ4v) is 27.5. The summed E-state index contributed by atoms with van der Waals surface area (Å²) in [4.78, 5) is 2.45. The quantitative estimate of drug-likeness (QED) is 0.220. The third-order valence-electron chi connectivity index (χ3n) is 8.76. The van der Waals surface area contributed by atoms with Crippen molar-refractivity contribution >= 4 is 38.2 Å². The first-order valence-electron chi connectivity index (χ1n) is 15.5. The van der Waals surface area contributed by atoms with E-state index in [0.717, 1.165) is 11.5 Å². The van der Waals surface area contributed by atoms with Crippen LogP contribution in [0.3, 0.4) is 0 Å². The van der Waals surface area contributed by atoms with Gasteiger partial charge in [-0.05, 0) is 78.8 Å². The molecule has 0 spiro atoms. The molecule has 6 heteroatoms. The van der Waals surface area contributed by atoms with Crippen molar-refractivity contribution in [3.05, 3.63) is 48.5 Å². The molecule has 0 amide bonds. The molecule has 2 nitrogen and oxygen atoms in total. The largest absolute Gasteiger partial charge is 0.542 e. The lowest BCUT2D eigenvalue weighted by Crippen LogP contribution is -2.63. The molecule has 0 atom stereocenters. The van der Waals surface area contributed by atoms with Gasteiger partial charge < -0.3 is 8.85 Å². The summed E-state index contributed by atoms with van der Waals surface area (Å²) in [5.41, 5.74) is 0. The highest BCUT2D eigenvalue weighted by Crippen LogP contribution is 2.63. The second-order valence-corrected chi connectivity index (χ2v) is 32.6. The van der Waals surface area contributed by atoms with Crippen LogP contribution in [0.1, 0.15) is 125 Å². The molecular formula is C36H62O2S2Si2. The predicted molar refractivity (Wildman–Crippen MR) is 196 cm³/mol. The van der Waals surface area contributed by atoms with Crippen molar-refractivity contribution in [2.45, 2.75) is 165 Å². The summed E-state index contributed by atoms with van der Waals surface area (Å²) >= 11 is 0. The smallest absolute Gasteiger partial charge is 0.267 e. The molecule has 0 saturated carbocycles. The number of hydrogen-bond acceptors (Lipinski definition) is 4. The molecule has 0 N–H and O–H groups in total. The molecule has 0 aliphatic carbocycles. The Labute approximate surface area is 270 Å². The van der Waals surface area contributed by atoms with Gasteiger partial charge in [0.05, 0.1) is 0 Å². The highest BCUT2D eigenvalue weighted by atomic mass is 33.1. The van der Waals surface area contributed by atoms with Crippen LogP contribution in [-0.4, -0.2) is 16.6 Å². The van der Waals surface area contributed by atoms with Crippen molar-refractivity contribution in [2.75, 3.05) is 0 Å². The van der Waals surface area contributed by atoms with Gasteiger partial charge in [-0.25, -0.2) is 0 Å². The maximum Gasteiger partial charge on any atom is 0.267 e. The van der Waals surface area contributed by atoms with Gasteiger partial charge in [-0.3, -0.25) is 0 Å². The van der Waals surface area contributed by atoms with Crippen LogP contribution in [0, 0.1) is 0 Å². The zero-order valence-corrected chi connectivity index (χ0v) is 33.9. The molecule has 2 aromatic carbocycles. The summed E-state index contributed by atoms with van der Waals surface area (Å²) in [6.45, 7) is 42.6. The van der Waals surface area contributed by atoms with E-state index in [9.17, 15) is 0 Å². The molecule has 0 radical (unpaired) electrons. The molecule has 0 unspecified atom stereocenters. The molecule has 0 heterocycles. The van der Waals surface area contributed by atoms with Crippen LogP contribution in [0.2, 0.25) is 30.2 Å². The van der Waals surface area contributed by atoms with E-state index < -0.39 is 16.6 Å². The SMILES string of the molecule is CC(C)(C)[Si](Oc1ccc(SSc2ccc(O[Si](C(C)(C)C)(C(C)(C)C)C(C)(C)C)cc2)cc1)(C(C)(C)C)C(C)(C)C. The average molecular weight is 647 g/mol. The Hall–Kier alpha value is -0.826. The molecule has 42 heavy (non-hydrogen) atoms. The summed E-state index contributed by atoms with van der Waals surface area (Å²) in [6, 6.07) is 17.5. The van der Waals surface area contributed by atoms with Gasteiger partial charge in [0.2, 0.25) is 0 Å². The van der Waals surface area contributed by atoms with Crippen LogP contribution in [0.25, 0.3) is 0 Å². The summed E-state index contributed by atoms with van der Waals surface area (Å²) in [6.07, 6.45) is 0. The Morgan fingerprint density at radius 1 is 0.357 bits per heavy atom. The minimum absolute atomic E-state index is 0.0808. The van der Waals surface area contributed by atoms with Crippen molar-refractivity contribution in [3.63, 3.8) is 0 Å². The first-order valence-corrected chi connectivity index (χ1v) is 21.5. The maximum atomic E-state index is 7.15. The molecule has 0 fully saturated rings. The summed E-state index contributed by atoms with van der Waals surface area (Å²) in [5, 5.41) is 0.485. The molecule has 2 rings (SSSR count). The van der Waals surface area contributed by atoms with Gasteiger partial charge in [0.1, 0.15) is 11.5 Å². The zero-order valence-electron chi connectivity index (χ0n) is 30.3. The van der Waals surface area contributed by atoms with Crippen molar-refractivity contribution in [3.8, 4) is 11.5 Å². The second kappa shape index (κ2) is 12.2. The van der Waals surface area contributed by atoms with Gasteiger partial charge in [0.15, 0.2) is 0 Å². The topological polar surface area (TPSA) is 18.5 Å². The van der Waals surface area contributed by atoms with Crippen LogP contribution in [0.15, 0.2) is 58.3 Å². The standard InChI is InChI=1S/C36H62O2S2Si2/c1-31(2,3)41(32(4,5)6,33(7,8)9)37-27-19-23-29(24-20-27)39-40-30-25-21-28(22-26-30)38-42(34(10,11)12,35(13,14)15)36(16,17)18/h19-26H,1-18H3. The Kier molecular flexibility index (Phi) is 10.8. The van der Waals surface area contributed by atoms with Crippen LogP contribution >= 0.6 is 21.6 Å². The first-order chi connectivity index (χ1) is 18.6. The van der Waals surface area contributed by atoms with E-state index in [1.54, 1.807) is 21.6 Å². The van der Waals surface area contributed by atoms with E-state index in [4.69, 9.17) is 8.85 Å². The fourth-order valence-electron chi connectivity index (χ4n) is 9.24. The van der Waals surface area contributed by atoms with E-state index in [1.807, 2.05) is 0 Å². The van der Waals surface area contributed by atoms with Crippen molar-refractivity contribution in [1.82, 2.24) is 0 Å². The first kappa shape index (κ1) is 37.4. The monoisotopic (exact) mass is 646 g/mol. The van der Waals surface area contributed by atoms with Crippen LogP contribution in [-0.2, 0) is 0 Å². The Morgan fingerprint density at radius 3 is 0.714 bits per heavy atom. The van der Waals surface area contributed by atoms with E-state index in [1.165, 1.54) is 9.79 Å². The number of hydrogen-bond donors (Lipinski definition) is 0. The van der Waals surface area contributed by atoms with Gasteiger partial charge in [-0.1, -0.05) is 146 Å². The molecule has 0 bridgehead atoms. The second-order valence-electron chi connectivity index (χ2n) is 18.2. The van der Waals surface area contributed by atoms with Crippen LogP contribution < -0.4 is 8.85 Å².